The summed E-state index contributed by atoms with van der Waals surface area (Å²) in [4.78, 5) is 1.60. The van der Waals surface area contributed by atoms with Gasteiger partial charge in [-0.15, -0.1) is 0 Å². The summed E-state index contributed by atoms with van der Waals surface area (Å²) in [5.74, 6) is 0. The van der Waals surface area contributed by atoms with Crippen LogP contribution in [0.25, 0.3) is 0 Å². The van der Waals surface area contributed by atoms with E-state index >= 15 is 0 Å². The van der Waals surface area contributed by atoms with Gasteiger partial charge in [0.2, 0.25) is 0 Å². The minimum absolute atomic E-state index is 0.701. The normalized spacial score (nSPS) is 6.00. The van der Waals surface area contributed by atoms with Crippen LogP contribution in [0, 0.1) is 10.2 Å². The van der Waals surface area contributed by atoms with Crippen LogP contribution in [0.15, 0.2) is 0 Å². The Balaban J connectivity index is 2.43. The molecule has 0 saturated carbocycles. The van der Waals surface area contributed by atoms with Gasteiger partial charge in [-0.25, -0.2) is 0 Å². The van der Waals surface area contributed by atoms with Crippen molar-refractivity contribution in [3.63, 3.8) is 0 Å². The van der Waals surface area contributed by atoms with Gasteiger partial charge >= 0.3 is 34.4 Å². The molecule has 0 aliphatic rings. The molecule has 0 aromatic rings. The van der Waals surface area contributed by atoms with E-state index in [9.17, 15) is 0 Å². The number of halogens is 1. The van der Waals surface area contributed by atoms with Gasteiger partial charge in [-0.3, -0.25) is 0 Å². The summed E-state index contributed by atoms with van der Waals surface area (Å²) in [6.45, 7) is 0. The SMILES string of the molecule is N#[C][Cu][Cl]. The summed E-state index contributed by atoms with van der Waals surface area (Å²) in [5, 5.41) is 7.45. The van der Waals surface area contributed by atoms with Gasteiger partial charge in [0.05, 0.1) is 0 Å². The molecule has 0 spiro atoms. The predicted octanol–water partition coefficient (Wildman–Crippen LogP) is 0.704. The summed E-state index contributed by atoms with van der Waals surface area (Å²) in [6, 6.07) is 0. The van der Waals surface area contributed by atoms with Gasteiger partial charge in [-0.1, -0.05) is 0 Å². The van der Waals surface area contributed by atoms with Gasteiger partial charge in [0.25, 0.3) is 0 Å². The van der Waals surface area contributed by atoms with E-state index in [0.29, 0.717) is 14.0 Å². The number of nitrogens with zero attached hydrogens (tertiary/aromatic N) is 1. The first-order valence-corrected chi connectivity index (χ1v) is 2.25. The van der Waals surface area contributed by atoms with E-state index < -0.39 is 0 Å². The quantitative estimate of drug-likeness (QED) is 0.437. The zero-order valence-electron chi connectivity index (χ0n) is 1.63. The molecular formula is CClCuN. The molecular weight excluding hydrogens is 125 g/mol. The zero-order valence-corrected chi connectivity index (χ0v) is 3.32. The first-order chi connectivity index (χ1) is 1.91. The third-order valence-corrected chi connectivity index (χ3v) is 0.315. The fourth-order valence-electron chi connectivity index (χ4n) is 0. The van der Waals surface area contributed by atoms with Crippen LogP contribution in [0.2, 0.25) is 0 Å². The number of hydrogen-bond donors (Lipinski definition) is 0. The van der Waals surface area contributed by atoms with E-state index in [1.165, 1.54) is 0 Å². The molecule has 0 aliphatic heterocycles. The third-order valence-electron chi connectivity index (χ3n) is 0.0255. The number of nitriles is 1. The van der Waals surface area contributed by atoms with E-state index in [1.54, 1.807) is 4.97 Å². The monoisotopic (exact) mass is 124 g/mol. The molecule has 0 fully saturated rings. The molecule has 0 unspecified atom stereocenters. The van der Waals surface area contributed by atoms with Crippen molar-refractivity contribution in [2.75, 3.05) is 0 Å². The summed E-state index contributed by atoms with van der Waals surface area (Å²) in [6.07, 6.45) is 0. The zero-order chi connectivity index (χ0) is 3.41. The van der Waals surface area contributed by atoms with Crippen molar-refractivity contribution in [2.45, 2.75) is 0 Å². The second-order valence-corrected chi connectivity index (χ2v) is 0.983. The molecule has 0 aromatic heterocycles. The molecule has 0 bridgehead atoms. The van der Waals surface area contributed by atoms with Crippen molar-refractivity contribution < 1.29 is 14.0 Å². The van der Waals surface area contributed by atoms with Gasteiger partial charge in [-0.2, -0.15) is 0 Å². The molecule has 27 valence electrons. The van der Waals surface area contributed by atoms with Crippen LogP contribution in [-0.4, -0.2) is 0 Å². The molecule has 0 amide bonds. The molecule has 3 heteroatoms. The predicted molar refractivity (Wildman–Crippen MR) is 11.5 cm³/mol. The van der Waals surface area contributed by atoms with Gasteiger partial charge in [0, 0.05) is 0 Å². The Labute approximate surface area is 34.9 Å². The van der Waals surface area contributed by atoms with Crippen LogP contribution in [0.5, 0.6) is 0 Å². The van der Waals surface area contributed by atoms with E-state index in [1.807, 2.05) is 0 Å². The Hall–Kier alpha value is 0.299. The Morgan fingerprint density at radius 1 is 2.00 bits per heavy atom. The van der Waals surface area contributed by atoms with Gasteiger partial charge in [-0.05, 0) is 0 Å². The van der Waals surface area contributed by atoms with Crippen molar-refractivity contribution in [3.05, 3.63) is 0 Å². The van der Waals surface area contributed by atoms with E-state index in [0.717, 1.165) is 0 Å². The first kappa shape index (κ1) is 4.30. The molecule has 1 nitrogen and oxygen atoms in total. The van der Waals surface area contributed by atoms with Crippen molar-refractivity contribution in [1.82, 2.24) is 0 Å². The fourth-order valence-corrected chi connectivity index (χ4v) is 0. The summed E-state index contributed by atoms with van der Waals surface area (Å²) in [5.41, 5.74) is 0. The standard InChI is InChI=1S/CN.ClH.Cu/c1-2;;/h;1H;/q;;+1/p-1. The molecule has 0 aromatic carbocycles. The minimum atomic E-state index is 0.701. The van der Waals surface area contributed by atoms with Gasteiger partial charge in [0.15, 0.2) is 0 Å². The Kier molecular flexibility index (Phi) is 3.55. The van der Waals surface area contributed by atoms with E-state index in [2.05, 4.69) is 0 Å². The summed E-state index contributed by atoms with van der Waals surface area (Å²) in [7, 11) is 4.73. The van der Waals surface area contributed by atoms with Crippen molar-refractivity contribution in [2.24, 2.45) is 0 Å². The third kappa shape index (κ3) is 2.30. The van der Waals surface area contributed by atoms with Crippen LogP contribution in [0.1, 0.15) is 0 Å². The molecule has 0 radical (unpaired) electrons. The van der Waals surface area contributed by atoms with Gasteiger partial charge in [0.1, 0.15) is 0 Å². The first-order valence-electron chi connectivity index (χ1n) is 0.488. The topological polar surface area (TPSA) is 23.8 Å². The fraction of sp³-hybridized carbons (Fsp3) is 0. The molecule has 4 heavy (non-hydrogen) atoms. The summed E-state index contributed by atoms with van der Waals surface area (Å²) >= 11 is 0.701. The second kappa shape index (κ2) is 3.30. The van der Waals surface area contributed by atoms with Crippen molar-refractivity contribution in [3.8, 4) is 4.97 Å². The van der Waals surface area contributed by atoms with Crippen LogP contribution in [0.3, 0.4) is 0 Å². The molecule has 0 aliphatic carbocycles. The van der Waals surface area contributed by atoms with Gasteiger partial charge < -0.3 is 0 Å². The van der Waals surface area contributed by atoms with Crippen LogP contribution in [0.4, 0.5) is 0 Å². The van der Waals surface area contributed by atoms with Crippen molar-refractivity contribution >= 4 is 10.1 Å². The average molecular weight is 125 g/mol. The summed E-state index contributed by atoms with van der Waals surface area (Å²) < 4.78 is 0. The Morgan fingerprint density at radius 3 is 2.25 bits per heavy atom. The molecule has 0 saturated heterocycles. The molecule has 0 N–H and O–H groups in total. The van der Waals surface area contributed by atoms with Crippen LogP contribution >= 0.6 is 10.1 Å². The van der Waals surface area contributed by atoms with Crippen LogP contribution < -0.4 is 0 Å². The maximum absolute atomic E-state index is 7.45. The van der Waals surface area contributed by atoms with E-state index in [-0.39, 0.29) is 0 Å². The Bertz CT molecular complexity index is 37.8. The van der Waals surface area contributed by atoms with Crippen LogP contribution in [-0.2, 0) is 14.0 Å². The number of rotatable bonds is 0. The molecule has 0 atom stereocenters. The number of hydrogen-bond acceptors (Lipinski definition) is 1. The molecule has 0 heterocycles. The molecule has 0 rings (SSSR count). The van der Waals surface area contributed by atoms with E-state index in [4.69, 9.17) is 15.4 Å². The second-order valence-electron chi connectivity index (χ2n) is 0.124. The average Bonchev–Trinajstić information content (AvgIpc) is 1.37. The maximum atomic E-state index is 7.45. The Morgan fingerprint density at radius 2 is 2.25 bits per heavy atom. The van der Waals surface area contributed by atoms with Crippen molar-refractivity contribution in [1.29, 1.82) is 5.26 Å².